The molecule has 0 saturated carbocycles. The zero-order valence-electron chi connectivity index (χ0n) is 35.4. The van der Waals surface area contributed by atoms with Crippen LogP contribution in [0.15, 0.2) is 155 Å². The summed E-state index contributed by atoms with van der Waals surface area (Å²) in [6.07, 6.45) is 2.76. The minimum absolute atomic E-state index is 0.0329. The van der Waals surface area contributed by atoms with E-state index in [1.54, 1.807) is 14.2 Å². The molecule has 330 valence electrons. The first-order valence-corrected chi connectivity index (χ1v) is 20.8. The highest BCUT2D eigenvalue weighted by molar-refractivity contribution is 5.83. The molecule has 3 aliphatic rings. The van der Waals surface area contributed by atoms with Crippen molar-refractivity contribution in [1.29, 1.82) is 0 Å². The Balaban J connectivity index is 1.06. The third-order valence-corrected chi connectivity index (χ3v) is 11.9. The first kappa shape index (κ1) is 43.7. The number of methoxy groups -OCH3 is 2. The minimum Gasteiger partial charge on any atom is -0.457 e. The summed E-state index contributed by atoms with van der Waals surface area (Å²) < 4.78 is 37.7. The number of aromatic nitrogens is 2. The molecule has 4 aromatic carbocycles. The lowest BCUT2D eigenvalue weighted by atomic mass is 9.77. The molecule has 4 atom stereocenters. The molecular formula is C49H48N4O11. The summed E-state index contributed by atoms with van der Waals surface area (Å²) in [6, 6.07) is 34.9. The fourth-order valence-corrected chi connectivity index (χ4v) is 8.82. The van der Waals surface area contributed by atoms with Crippen LogP contribution in [0.1, 0.15) is 47.7 Å². The van der Waals surface area contributed by atoms with Gasteiger partial charge in [0.1, 0.15) is 30.9 Å². The molecule has 1 fully saturated rings. The summed E-state index contributed by atoms with van der Waals surface area (Å²) in [7, 11) is 3.13. The molecule has 1 saturated heterocycles. The number of hydrogen-bond donors (Lipinski definition) is 3. The molecule has 2 aliphatic carbocycles. The van der Waals surface area contributed by atoms with Gasteiger partial charge in [0.15, 0.2) is 18.1 Å². The van der Waals surface area contributed by atoms with Crippen LogP contribution in [0.25, 0.3) is 11.1 Å². The highest BCUT2D eigenvalue weighted by Gasteiger charge is 2.51. The Kier molecular flexibility index (Phi) is 12.9. The average molecular weight is 869 g/mol. The van der Waals surface area contributed by atoms with E-state index in [1.165, 1.54) is 13.1 Å². The second kappa shape index (κ2) is 18.8. The molecule has 0 spiro atoms. The fourth-order valence-electron chi connectivity index (χ4n) is 8.82. The van der Waals surface area contributed by atoms with Crippen molar-refractivity contribution in [2.75, 3.05) is 34.0 Å². The van der Waals surface area contributed by atoms with Crippen LogP contribution in [0, 0.1) is 0 Å². The number of carbonyl (C=O) groups is 3. The molecule has 5 aromatic rings. The Morgan fingerprint density at radius 1 is 0.828 bits per heavy atom. The quantitative estimate of drug-likeness (QED) is 0.0926. The van der Waals surface area contributed by atoms with Crippen molar-refractivity contribution in [2.24, 2.45) is 0 Å². The zero-order chi connectivity index (χ0) is 44.8. The third-order valence-electron chi connectivity index (χ3n) is 11.9. The van der Waals surface area contributed by atoms with Gasteiger partial charge in [-0.1, -0.05) is 121 Å². The van der Waals surface area contributed by atoms with Crippen LogP contribution < -0.4 is 21.9 Å². The maximum atomic E-state index is 13.8. The van der Waals surface area contributed by atoms with Gasteiger partial charge in [-0.05, 0) is 45.0 Å². The van der Waals surface area contributed by atoms with Gasteiger partial charge in [0.25, 0.3) is 5.56 Å². The summed E-state index contributed by atoms with van der Waals surface area (Å²) in [6.45, 7) is 0.462. The number of hydrogen-bond acceptors (Lipinski definition) is 11. The van der Waals surface area contributed by atoms with Gasteiger partial charge in [0, 0.05) is 45.7 Å². The van der Waals surface area contributed by atoms with E-state index in [0.717, 1.165) is 49.6 Å². The van der Waals surface area contributed by atoms with Crippen molar-refractivity contribution in [1.82, 2.24) is 20.2 Å². The Morgan fingerprint density at radius 3 is 2.00 bits per heavy atom. The van der Waals surface area contributed by atoms with Crippen molar-refractivity contribution in [2.45, 2.75) is 55.1 Å². The first-order valence-electron chi connectivity index (χ1n) is 20.8. The molecule has 3 N–H and O–H groups in total. The number of nitrogens with one attached hydrogen (secondary N) is 3. The SMILES string of the molecule is COC1(OC)C=CC(C(OC[C@H]2O[C@@H](n3ccc(=O)[nH]c3=O)[C@H](NC(=O)CNC(=O)OCC3c4ccccc4-c4ccccc43)[C@@H]2OC(C)=O)(c2ccccc2)c2ccccc2)=CC1. The molecule has 8 rings (SSSR count). The summed E-state index contributed by atoms with van der Waals surface area (Å²) in [5.41, 5.74) is 3.70. The van der Waals surface area contributed by atoms with E-state index in [9.17, 15) is 24.0 Å². The second-order valence-electron chi connectivity index (χ2n) is 15.6. The largest absolute Gasteiger partial charge is 0.457 e. The lowest BCUT2D eigenvalue weighted by molar-refractivity contribution is -0.168. The lowest BCUT2D eigenvalue weighted by Crippen LogP contribution is -2.52. The number of aromatic amines is 1. The number of alkyl carbamates (subject to hydrolysis) is 1. The molecule has 0 unspecified atom stereocenters. The van der Waals surface area contributed by atoms with Crippen LogP contribution in [0.2, 0.25) is 0 Å². The summed E-state index contributed by atoms with van der Waals surface area (Å²) in [4.78, 5) is 67.3. The Hall–Kier alpha value is -6.91. The van der Waals surface area contributed by atoms with E-state index in [2.05, 4.69) is 15.6 Å². The molecule has 1 aliphatic heterocycles. The van der Waals surface area contributed by atoms with Gasteiger partial charge in [-0.3, -0.25) is 23.9 Å². The van der Waals surface area contributed by atoms with E-state index in [4.69, 9.17) is 28.4 Å². The summed E-state index contributed by atoms with van der Waals surface area (Å²) >= 11 is 0. The van der Waals surface area contributed by atoms with Crippen LogP contribution >= 0.6 is 0 Å². The number of fused-ring (bicyclic) bond motifs is 3. The Morgan fingerprint density at radius 2 is 1.44 bits per heavy atom. The van der Waals surface area contributed by atoms with Gasteiger partial charge in [-0.15, -0.1) is 0 Å². The molecule has 0 bridgehead atoms. The van der Waals surface area contributed by atoms with Crippen LogP contribution in [0.3, 0.4) is 0 Å². The van der Waals surface area contributed by atoms with Gasteiger partial charge in [0.2, 0.25) is 5.91 Å². The van der Waals surface area contributed by atoms with Gasteiger partial charge < -0.3 is 39.1 Å². The van der Waals surface area contributed by atoms with Crippen LogP contribution in [-0.4, -0.2) is 85.5 Å². The number of H-pyrrole nitrogens is 1. The van der Waals surface area contributed by atoms with Crippen LogP contribution in [0.5, 0.6) is 0 Å². The Labute approximate surface area is 368 Å². The molecule has 1 aromatic heterocycles. The number of benzene rings is 4. The molecule has 0 radical (unpaired) electrons. The monoisotopic (exact) mass is 868 g/mol. The van der Waals surface area contributed by atoms with Gasteiger partial charge in [-0.2, -0.15) is 0 Å². The van der Waals surface area contributed by atoms with Gasteiger partial charge >= 0.3 is 17.8 Å². The minimum atomic E-state index is -1.32. The predicted octanol–water partition coefficient (Wildman–Crippen LogP) is 5.23. The normalized spacial score (nSPS) is 19.8. The standard InChI is InChI=1S/C49H48N4O11/c1-31(54)63-44-40(30-62-49(32-14-6-4-7-15-32,33-16-8-5-9-17-33)34-22-25-48(59-2,60-3)26-23-34)64-45(53-27-24-41(55)52-46(53)57)43(44)51-42(56)28-50-47(58)61-29-39-37-20-12-10-18-35(37)36-19-11-13-21-38(36)39/h4-25,27,39-40,43-45H,26,28-30H2,1-3H3,(H,50,58)(H,51,56)(H,52,55,57)/t40-,43-,44-,45-/m1/s1. The zero-order valence-corrected chi connectivity index (χ0v) is 35.4. The molecule has 2 amide bonds. The number of ether oxygens (including phenoxy) is 6. The fraction of sp³-hybridized carbons (Fsp3) is 0.286. The average Bonchev–Trinajstić information content (AvgIpc) is 3.82. The highest BCUT2D eigenvalue weighted by atomic mass is 16.7. The van der Waals surface area contributed by atoms with Crippen molar-refractivity contribution < 1.29 is 42.8 Å². The van der Waals surface area contributed by atoms with Crippen molar-refractivity contribution >= 4 is 18.0 Å². The number of esters is 1. The van der Waals surface area contributed by atoms with E-state index >= 15 is 0 Å². The smallest absolute Gasteiger partial charge is 0.407 e. The highest BCUT2D eigenvalue weighted by Crippen LogP contribution is 2.46. The molecule has 2 heterocycles. The molecule has 15 heteroatoms. The molecule has 64 heavy (non-hydrogen) atoms. The first-order chi connectivity index (χ1) is 31.1. The van der Waals surface area contributed by atoms with Crippen molar-refractivity contribution in [3.8, 4) is 11.1 Å². The predicted molar refractivity (Wildman–Crippen MR) is 234 cm³/mol. The lowest BCUT2D eigenvalue weighted by Gasteiger charge is -2.40. The van der Waals surface area contributed by atoms with Gasteiger partial charge in [0.05, 0.1) is 6.61 Å². The maximum absolute atomic E-state index is 13.8. The number of rotatable bonds is 15. The van der Waals surface area contributed by atoms with E-state index in [1.807, 2.05) is 127 Å². The summed E-state index contributed by atoms with van der Waals surface area (Å²) in [5, 5.41) is 5.32. The number of carbonyl (C=O) groups excluding carboxylic acids is 3. The van der Waals surface area contributed by atoms with E-state index in [0.29, 0.717) is 6.42 Å². The Bertz CT molecular complexity index is 2590. The van der Waals surface area contributed by atoms with Gasteiger partial charge in [-0.25, -0.2) is 9.59 Å². The van der Waals surface area contributed by atoms with Crippen LogP contribution in [-0.2, 0) is 43.6 Å². The third kappa shape index (κ3) is 8.70. The number of nitrogens with zero attached hydrogens (tertiary/aromatic N) is 1. The second-order valence-corrected chi connectivity index (χ2v) is 15.6. The molecule has 15 nitrogen and oxygen atoms in total. The van der Waals surface area contributed by atoms with Crippen molar-refractivity contribution in [3.05, 3.63) is 188 Å². The summed E-state index contributed by atoms with van der Waals surface area (Å²) in [5.74, 6) is -2.60. The number of amides is 2. The maximum Gasteiger partial charge on any atom is 0.407 e. The topological polar surface area (TPSA) is 186 Å². The van der Waals surface area contributed by atoms with E-state index in [-0.39, 0.29) is 19.1 Å². The molecular weight excluding hydrogens is 821 g/mol. The van der Waals surface area contributed by atoms with Crippen molar-refractivity contribution in [3.63, 3.8) is 0 Å². The van der Waals surface area contributed by atoms with Crippen LogP contribution in [0.4, 0.5) is 4.79 Å². The van der Waals surface area contributed by atoms with E-state index < -0.39 is 71.6 Å².